The fraction of sp³-hybridized carbons (Fsp3) is 0.316. The van der Waals surface area contributed by atoms with Gasteiger partial charge in [-0.15, -0.1) is 0 Å². The maximum absolute atomic E-state index is 12.5. The number of hydrogen-bond donors (Lipinski definition) is 1. The van der Waals surface area contributed by atoms with Crippen LogP contribution in [0.2, 0.25) is 0 Å². The van der Waals surface area contributed by atoms with E-state index in [0.717, 1.165) is 36.3 Å². The van der Waals surface area contributed by atoms with Crippen LogP contribution in [0.1, 0.15) is 46.5 Å². The molecule has 3 heterocycles. The molecule has 1 aliphatic carbocycles. The number of carbonyl (C=O) groups is 1. The van der Waals surface area contributed by atoms with Crippen LogP contribution in [0.4, 0.5) is 0 Å². The third kappa shape index (κ3) is 3.13. The molecule has 1 aliphatic rings. The summed E-state index contributed by atoms with van der Waals surface area (Å²) in [4.78, 5) is 16.9. The molecule has 0 bridgehead atoms. The molecule has 0 aliphatic heterocycles. The van der Waals surface area contributed by atoms with E-state index in [1.807, 2.05) is 29.1 Å². The van der Waals surface area contributed by atoms with Gasteiger partial charge in [0.05, 0.1) is 17.9 Å². The van der Waals surface area contributed by atoms with Gasteiger partial charge in [0, 0.05) is 18.9 Å². The number of ether oxygens (including phenoxy) is 1. The summed E-state index contributed by atoms with van der Waals surface area (Å²) in [5.41, 5.74) is 2.14. The van der Waals surface area contributed by atoms with Gasteiger partial charge in [-0.1, -0.05) is 6.07 Å². The van der Waals surface area contributed by atoms with Crippen molar-refractivity contribution < 1.29 is 13.9 Å². The van der Waals surface area contributed by atoms with Crippen LogP contribution in [0.3, 0.4) is 0 Å². The van der Waals surface area contributed by atoms with E-state index >= 15 is 0 Å². The number of carbonyl (C=O) groups excluding carboxylic acids is 1. The maximum Gasteiger partial charge on any atom is 0.287 e. The minimum atomic E-state index is -0.226. The molecule has 0 saturated heterocycles. The van der Waals surface area contributed by atoms with Crippen LogP contribution in [-0.2, 0) is 17.8 Å². The lowest BCUT2D eigenvalue weighted by molar-refractivity contribution is 0.0896. The Bertz CT molecular complexity index is 901. The molecule has 1 atom stereocenters. The Hall–Kier alpha value is -2.93. The molecular weight excluding hydrogens is 332 g/mol. The molecule has 7 heteroatoms. The summed E-state index contributed by atoms with van der Waals surface area (Å²) >= 11 is 0. The smallest absolute Gasteiger partial charge is 0.287 e. The van der Waals surface area contributed by atoms with Crippen molar-refractivity contribution >= 4 is 5.91 Å². The Morgan fingerprint density at radius 3 is 3.12 bits per heavy atom. The molecule has 0 aromatic carbocycles. The van der Waals surface area contributed by atoms with E-state index in [1.165, 1.54) is 0 Å². The zero-order chi connectivity index (χ0) is 17.9. The molecule has 0 fully saturated rings. The Morgan fingerprint density at radius 2 is 2.31 bits per heavy atom. The quantitative estimate of drug-likeness (QED) is 0.763. The van der Waals surface area contributed by atoms with Crippen LogP contribution in [0.15, 0.2) is 47.1 Å². The highest BCUT2D eigenvalue weighted by Crippen LogP contribution is 2.31. The largest absolute Gasteiger partial charge is 0.453 e. The minimum Gasteiger partial charge on any atom is -0.453 e. The molecule has 3 aromatic heterocycles. The highest BCUT2D eigenvalue weighted by atomic mass is 16.5. The monoisotopic (exact) mass is 352 g/mol. The number of nitrogens with zero attached hydrogens (tertiary/aromatic N) is 3. The molecular formula is C19H20N4O3. The topological polar surface area (TPSA) is 82.2 Å². The van der Waals surface area contributed by atoms with Crippen LogP contribution < -0.4 is 5.32 Å². The SMILES string of the molecule is COCc1ccc(C(=O)N[C@@H]2CCCc3c2cnn3-c2ccccn2)o1. The predicted octanol–water partition coefficient (Wildman–Crippen LogP) is 2.81. The van der Waals surface area contributed by atoms with Crippen molar-refractivity contribution in [2.75, 3.05) is 7.11 Å². The normalized spacial score (nSPS) is 16.3. The lowest BCUT2D eigenvalue weighted by atomic mass is 9.93. The molecule has 0 unspecified atom stereocenters. The number of nitrogens with one attached hydrogen (secondary N) is 1. The number of furan rings is 1. The van der Waals surface area contributed by atoms with E-state index in [4.69, 9.17) is 9.15 Å². The Labute approximate surface area is 151 Å². The van der Waals surface area contributed by atoms with Crippen LogP contribution in [-0.4, -0.2) is 27.8 Å². The average Bonchev–Trinajstić information content (AvgIpc) is 3.30. The highest BCUT2D eigenvalue weighted by Gasteiger charge is 2.27. The van der Waals surface area contributed by atoms with Crippen LogP contribution in [0, 0.1) is 0 Å². The number of aromatic nitrogens is 3. The summed E-state index contributed by atoms with van der Waals surface area (Å²) in [6.45, 7) is 0.345. The number of methoxy groups -OCH3 is 1. The first kappa shape index (κ1) is 16.5. The molecule has 134 valence electrons. The second-order valence-corrected chi connectivity index (χ2v) is 6.26. The summed E-state index contributed by atoms with van der Waals surface area (Å²) < 4.78 is 12.4. The Morgan fingerprint density at radius 1 is 1.38 bits per heavy atom. The summed E-state index contributed by atoms with van der Waals surface area (Å²) in [5.74, 6) is 1.48. The summed E-state index contributed by atoms with van der Waals surface area (Å²) in [6.07, 6.45) is 6.34. The minimum absolute atomic E-state index is 0.0836. The van der Waals surface area contributed by atoms with Crippen molar-refractivity contribution in [3.8, 4) is 5.82 Å². The van der Waals surface area contributed by atoms with Gasteiger partial charge in [-0.3, -0.25) is 4.79 Å². The van der Waals surface area contributed by atoms with Gasteiger partial charge in [0.1, 0.15) is 12.4 Å². The fourth-order valence-electron chi connectivity index (χ4n) is 3.33. The van der Waals surface area contributed by atoms with Crippen molar-refractivity contribution in [2.45, 2.75) is 31.9 Å². The van der Waals surface area contributed by atoms with E-state index in [0.29, 0.717) is 18.1 Å². The molecule has 0 spiro atoms. The van der Waals surface area contributed by atoms with Crippen molar-refractivity contribution in [3.05, 3.63) is 65.5 Å². The first-order valence-corrected chi connectivity index (χ1v) is 8.63. The number of pyridine rings is 1. The second kappa shape index (κ2) is 7.13. The van der Waals surface area contributed by atoms with E-state index in [2.05, 4.69) is 15.4 Å². The Balaban J connectivity index is 1.55. The number of hydrogen-bond acceptors (Lipinski definition) is 5. The molecule has 4 rings (SSSR count). The first-order chi connectivity index (χ1) is 12.8. The number of fused-ring (bicyclic) bond motifs is 1. The van der Waals surface area contributed by atoms with Crippen molar-refractivity contribution in [1.29, 1.82) is 0 Å². The van der Waals surface area contributed by atoms with Crippen LogP contribution >= 0.6 is 0 Å². The predicted molar refractivity (Wildman–Crippen MR) is 93.9 cm³/mol. The summed E-state index contributed by atoms with van der Waals surface area (Å²) in [7, 11) is 1.59. The van der Waals surface area contributed by atoms with Crippen molar-refractivity contribution in [1.82, 2.24) is 20.1 Å². The van der Waals surface area contributed by atoms with Gasteiger partial charge in [-0.05, 0) is 43.5 Å². The van der Waals surface area contributed by atoms with Gasteiger partial charge in [0.15, 0.2) is 11.6 Å². The molecule has 7 nitrogen and oxygen atoms in total. The molecule has 3 aromatic rings. The number of amides is 1. The standard InChI is InChI=1S/C19H20N4O3/c1-25-12-13-8-9-17(26-13)19(24)22-15-5-4-6-16-14(15)11-21-23(16)18-7-2-3-10-20-18/h2-3,7-11,15H,4-6,12H2,1H3,(H,22,24)/t15-/m1/s1. The lowest BCUT2D eigenvalue weighted by Crippen LogP contribution is -2.30. The molecule has 1 N–H and O–H groups in total. The highest BCUT2D eigenvalue weighted by molar-refractivity contribution is 5.91. The molecule has 0 saturated carbocycles. The second-order valence-electron chi connectivity index (χ2n) is 6.26. The molecule has 26 heavy (non-hydrogen) atoms. The van der Waals surface area contributed by atoms with Gasteiger partial charge in [0.25, 0.3) is 5.91 Å². The van der Waals surface area contributed by atoms with Gasteiger partial charge in [-0.2, -0.15) is 5.10 Å². The fourth-order valence-corrected chi connectivity index (χ4v) is 3.33. The Kier molecular flexibility index (Phi) is 4.53. The number of rotatable bonds is 5. The van der Waals surface area contributed by atoms with Gasteiger partial charge >= 0.3 is 0 Å². The van der Waals surface area contributed by atoms with Crippen molar-refractivity contribution in [3.63, 3.8) is 0 Å². The summed E-state index contributed by atoms with van der Waals surface area (Å²) in [5, 5.41) is 7.55. The van der Waals surface area contributed by atoms with Gasteiger partial charge in [0.2, 0.25) is 0 Å². The third-order valence-corrected chi connectivity index (χ3v) is 4.53. The van der Waals surface area contributed by atoms with Crippen LogP contribution in [0.5, 0.6) is 0 Å². The van der Waals surface area contributed by atoms with E-state index < -0.39 is 0 Å². The zero-order valence-electron chi connectivity index (χ0n) is 14.5. The molecule has 0 radical (unpaired) electrons. The van der Waals surface area contributed by atoms with Crippen LogP contribution in [0.25, 0.3) is 5.82 Å². The average molecular weight is 352 g/mol. The summed E-state index contributed by atoms with van der Waals surface area (Å²) in [6, 6.07) is 9.08. The molecule has 1 amide bonds. The van der Waals surface area contributed by atoms with E-state index in [-0.39, 0.29) is 11.9 Å². The maximum atomic E-state index is 12.5. The third-order valence-electron chi connectivity index (χ3n) is 4.53. The van der Waals surface area contributed by atoms with Crippen molar-refractivity contribution in [2.24, 2.45) is 0 Å². The lowest BCUT2D eigenvalue weighted by Gasteiger charge is -2.23. The first-order valence-electron chi connectivity index (χ1n) is 8.63. The van der Waals surface area contributed by atoms with E-state index in [1.54, 1.807) is 25.4 Å². The van der Waals surface area contributed by atoms with Gasteiger partial charge in [-0.25, -0.2) is 9.67 Å². The van der Waals surface area contributed by atoms with Gasteiger partial charge < -0.3 is 14.5 Å². The van der Waals surface area contributed by atoms with E-state index in [9.17, 15) is 4.79 Å². The zero-order valence-corrected chi connectivity index (χ0v) is 14.5.